The number of alkyl halides is 3. The first kappa shape index (κ1) is 30.9. The first-order valence-electron chi connectivity index (χ1n) is 10.3. The molecule has 1 heterocycles. The van der Waals surface area contributed by atoms with Crippen LogP contribution in [0.15, 0.2) is 42.3 Å². The highest BCUT2D eigenvalue weighted by atomic mass is 19.4. The Balaban J connectivity index is 0. The van der Waals surface area contributed by atoms with E-state index in [1.807, 2.05) is 26.7 Å². The van der Waals surface area contributed by atoms with E-state index in [0.717, 1.165) is 37.6 Å². The van der Waals surface area contributed by atoms with E-state index in [1.54, 1.807) is 19.1 Å². The van der Waals surface area contributed by atoms with Crippen LogP contribution in [0.5, 0.6) is 0 Å². The summed E-state index contributed by atoms with van der Waals surface area (Å²) in [5.74, 6) is 0.370. The molecule has 1 fully saturated rings. The number of nitrogens with two attached hydrogens (primary N) is 2. The summed E-state index contributed by atoms with van der Waals surface area (Å²) >= 11 is 0. The van der Waals surface area contributed by atoms with Crippen molar-refractivity contribution < 1.29 is 22.7 Å². The molecule has 0 aliphatic carbocycles. The van der Waals surface area contributed by atoms with Crippen molar-refractivity contribution in [1.82, 2.24) is 4.90 Å². The number of likely N-dealkylation sites (tertiary alicyclic amines) is 1. The standard InChI is InChI=1S/C19H25F3N2O.C2H6.CH5N.CH2O/c1-14-13-16(19(20,21)22)8-7-15(14)5-3-4-6-18(23)25-17-9-11-24(2)12-10-17;3*1-2/h3-4,6-8,13,17H,5,9-12,23H2,1-2H3;1-2H3;2H2,1H3;1H2/b4-3-,18-6+;;;. The van der Waals surface area contributed by atoms with Gasteiger partial charge in [-0.25, -0.2) is 0 Å². The Morgan fingerprint density at radius 3 is 2.26 bits per heavy atom. The number of carbonyl (C=O) groups excluding carboxylic acids is 1. The highest BCUT2D eigenvalue weighted by Crippen LogP contribution is 2.30. The van der Waals surface area contributed by atoms with E-state index >= 15 is 0 Å². The second-order valence-electron chi connectivity index (χ2n) is 6.46. The summed E-state index contributed by atoms with van der Waals surface area (Å²) in [4.78, 5) is 10.3. The van der Waals surface area contributed by atoms with Crippen LogP contribution < -0.4 is 11.5 Å². The zero-order chi connectivity index (χ0) is 24.4. The predicted molar refractivity (Wildman–Crippen MR) is 121 cm³/mol. The zero-order valence-corrected chi connectivity index (χ0v) is 19.3. The summed E-state index contributed by atoms with van der Waals surface area (Å²) in [6, 6.07) is 3.81. The van der Waals surface area contributed by atoms with Gasteiger partial charge >= 0.3 is 6.18 Å². The van der Waals surface area contributed by atoms with Gasteiger partial charge in [-0.1, -0.05) is 32.1 Å². The lowest BCUT2D eigenvalue weighted by Crippen LogP contribution is -2.34. The third-order valence-corrected chi connectivity index (χ3v) is 4.37. The number of allylic oxidation sites excluding steroid dienone is 3. The lowest BCUT2D eigenvalue weighted by molar-refractivity contribution is -0.137. The fraction of sp³-hybridized carbons (Fsp3) is 0.522. The first-order chi connectivity index (χ1) is 14.8. The van der Waals surface area contributed by atoms with Crippen molar-refractivity contribution in [3.05, 3.63) is 59.0 Å². The van der Waals surface area contributed by atoms with Crippen molar-refractivity contribution in [3.63, 3.8) is 0 Å². The molecule has 4 N–H and O–H groups in total. The molecule has 0 spiro atoms. The fourth-order valence-electron chi connectivity index (χ4n) is 2.79. The van der Waals surface area contributed by atoms with E-state index in [2.05, 4.69) is 17.7 Å². The van der Waals surface area contributed by atoms with E-state index in [0.29, 0.717) is 17.9 Å². The third kappa shape index (κ3) is 12.9. The van der Waals surface area contributed by atoms with Crippen LogP contribution in [-0.2, 0) is 22.1 Å². The number of ether oxygens (including phenoxy) is 1. The molecule has 0 saturated carbocycles. The molecule has 2 rings (SSSR count). The maximum atomic E-state index is 12.7. The van der Waals surface area contributed by atoms with Gasteiger partial charge in [0.25, 0.3) is 0 Å². The van der Waals surface area contributed by atoms with Crippen LogP contribution in [0.25, 0.3) is 0 Å². The Hall–Kier alpha value is -2.32. The van der Waals surface area contributed by atoms with E-state index in [9.17, 15) is 13.2 Å². The van der Waals surface area contributed by atoms with Crippen molar-refractivity contribution in [3.8, 4) is 0 Å². The lowest BCUT2D eigenvalue weighted by Gasteiger charge is -2.29. The molecule has 1 saturated heterocycles. The molecule has 1 aliphatic heterocycles. The van der Waals surface area contributed by atoms with Crippen LogP contribution in [0.3, 0.4) is 0 Å². The van der Waals surface area contributed by atoms with Gasteiger partial charge in [0.2, 0.25) is 0 Å². The number of nitrogens with zero attached hydrogens (tertiary/aromatic N) is 1. The Kier molecular flexibility index (Phi) is 17.3. The van der Waals surface area contributed by atoms with Crippen LogP contribution in [0.4, 0.5) is 13.2 Å². The van der Waals surface area contributed by atoms with Crippen molar-refractivity contribution in [2.24, 2.45) is 11.5 Å². The number of rotatable bonds is 5. The molecule has 0 amide bonds. The Bertz CT molecular complexity index is 654. The van der Waals surface area contributed by atoms with Crippen LogP contribution in [0.1, 0.15) is 43.4 Å². The van der Waals surface area contributed by atoms with E-state index < -0.39 is 11.7 Å². The van der Waals surface area contributed by atoms with Gasteiger partial charge in [0.15, 0.2) is 5.88 Å². The molecular formula is C23H38F3N3O2. The average Bonchev–Trinajstić information content (AvgIpc) is 2.77. The molecule has 8 heteroatoms. The lowest BCUT2D eigenvalue weighted by atomic mass is 10.0. The normalized spacial score (nSPS) is 15.1. The molecule has 1 aromatic rings. The van der Waals surface area contributed by atoms with Crippen molar-refractivity contribution in [1.29, 1.82) is 0 Å². The molecule has 0 unspecified atom stereocenters. The van der Waals surface area contributed by atoms with Crippen LogP contribution in [0.2, 0.25) is 0 Å². The molecule has 0 bridgehead atoms. The van der Waals surface area contributed by atoms with Crippen molar-refractivity contribution >= 4 is 6.79 Å². The van der Waals surface area contributed by atoms with Gasteiger partial charge in [-0.15, -0.1) is 0 Å². The van der Waals surface area contributed by atoms with Crippen LogP contribution in [0, 0.1) is 6.92 Å². The molecule has 0 aromatic heterocycles. The van der Waals surface area contributed by atoms with E-state index in [-0.39, 0.29) is 6.10 Å². The monoisotopic (exact) mass is 445 g/mol. The maximum Gasteiger partial charge on any atom is 0.416 e. The minimum absolute atomic E-state index is 0.151. The number of hydrogen-bond acceptors (Lipinski definition) is 5. The molecule has 0 radical (unpaired) electrons. The van der Waals surface area contributed by atoms with Gasteiger partial charge in [-0.2, -0.15) is 13.2 Å². The molecule has 1 aliphatic rings. The highest BCUT2D eigenvalue weighted by molar-refractivity contribution is 5.34. The fourth-order valence-corrected chi connectivity index (χ4v) is 2.79. The molecule has 0 atom stereocenters. The number of halogens is 3. The van der Waals surface area contributed by atoms with Crippen LogP contribution >= 0.6 is 0 Å². The summed E-state index contributed by atoms with van der Waals surface area (Å²) in [6.07, 6.45) is 3.64. The molecular weight excluding hydrogens is 407 g/mol. The minimum atomic E-state index is -4.30. The van der Waals surface area contributed by atoms with Gasteiger partial charge in [0.05, 0.1) is 5.56 Å². The summed E-state index contributed by atoms with van der Waals surface area (Å²) in [6.45, 7) is 9.69. The topological polar surface area (TPSA) is 81.6 Å². The summed E-state index contributed by atoms with van der Waals surface area (Å²) in [5.41, 5.74) is 11.2. The van der Waals surface area contributed by atoms with E-state index in [4.69, 9.17) is 15.3 Å². The Morgan fingerprint density at radius 1 is 1.23 bits per heavy atom. The maximum absolute atomic E-state index is 12.7. The summed E-state index contributed by atoms with van der Waals surface area (Å²) < 4.78 is 43.7. The van der Waals surface area contributed by atoms with Crippen molar-refractivity contribution in [2.45, 2.75) is 52.3 Å². The molecule has 31 heavy (non-hydrogen) atoms. The average molecular weight is 446 g/mol. The second kappa shape index (κ2) is 17.4. The number of benzene rings is 1. The second-order valence-corrected chi connectivity index (χ2v) is 6.46. The quantitative estimate of drug-likeness (QED) is 0.517. The van der Waals surface area contributed by atoms with E-state index in [1.165, 1.54) is 19.2 Å². The smallest absolute Gasteiger partial charge is 0.416 e. The van der Waals surface area contributed by atoms with Gasteiger partial charge in [-0.3, -0.25) is 0 Å². The first-order valence-corrected chi connectivity index (χ1v) is 10.3. The largest absolute Gasteiger partial charge is 0.476 e. The molecule has 5 nitrogen and oxygen atoms in total. The van der Waals surface area contributed by atoms with Gasteiger partial charge in [0, 0.05) is 13.1 Å². The van der Waals surface area contributed by atoms with Crippen LogP contribution in [-0.4, -0.2) is 45.0 Å². The Labute approximate surface area is 184 Å². The summed E-state index contributed by atoms with van der Waals surface area (Å²) in [7, 11) is 3.58. The van der Waals surface area contributed by atoms with Gasteiger partial charge < -0.3 is 25.9 Å². The minimum Gasteiger partial charge on any atom is -0.476 e. The molecule has 178 valence electrons. The Morgan fingerprint density at radius 2 is 1.77 bits per heavy atom. The van der Waals surface area contributed by atoms with Gasteiger partial charge in [0.1, 0.15) is 12.9 Å². The predicted octanol–water partition coefficient (Wildman–Crippen LogP) is 4.44. The number of carbonyl (C=O) groups is 1. The number of hydrogen-bond donors (Lipinski definition) is 2. The highest BCUT2D eigenvalue weighted by Gasteiger charge is 2.30. The SMILES string of the molecule is C=O.CC.CN.Cc1cc(C(F)(F)F)ccc1C/C=C\C=C(/N)OC1CCN(C)CC1. The zero-order valence-electron chi connectivity index (χ0n) is 19.3. The summed E-state index contributed by atoms with van der Waals surface area (Å²) in [5, 5.41) is 0. The third-order valence-electron chi connectivity index (χ3n) is 4.37. The van der Waals surface area contributed by atoms with Gasteiger partial charge in [-0.05, 0) is 69.6 Å². The molecule has 1 aromatic carbocycles. The number of piperidine rings is 1. The number of aryl methyl sites for hydroxylation is 1. The van der Waals surface area contributed by atoms with Crippen molar-refractivity contribution in [2.75, 3.05) is 27.2 Å².